The Bertz CT molecular complexity index is 1410. The van der Waals surface area contributed by atoms with Gasteiger partial charge in [0.1, 0.15) is 11.6 Å². The number of nitriles is 1. The van der Waals surface area contributed by atoms with Crippen molar-refractivity contribution in [3.8, 4) is 6.07 Å². The van der Waals surface area contributed by atoms with Gasteiger partial charge < -0.3 is 16.0 Å². The summed E-state index contributed by atoms with van der Waals surface area (Å²) in [4.78, 5) is 3.52. The Balaban J connectivity index is 1.51. The minimum atomic E-state index is -3.47. The van der Waals surface area contributed by atoms with Crippen LogP contribution in [-0.2, 0) is 5.92 Å². The number of piperidine rings is 1. The molecule has 10 heteroatoms. The number of hydrogen-bond donors (Lipinski definition) is 2. The highest BCUT2D eigenvalue weighted by atomic mass is 19.3. The Morgan fingerprint density at radius 2 is 1.73 bits per heavy atom. The number of benzene rings is 1. The number of nitrogens with two attached hydrogens (primary N) is 1. The van der Waals surface area contributed by atoms with E-state index in [1.54, 1.807) is 11.8 Å². The van der Waals surface area contributed by atoms with Crippen LogP contribution in [-0.4, -0.2) is 41.9 Å². The zero-order valence-corrected chi connectivity index (χ0v) is 26.2. The molecule has 2 fully saturated rings. The molecule has 244 valence electrons. The Labute approximate surface area is 263 Å². The summed E-state index contributed by atoms with van der Waals surface area (Å²) >= 11 is 0. The van der Waals surface area contributed by atoms with Crippen molar-refractivity contribution in [1.82, 2.24) is 15.1 Å². The van der Waals surface area contributed by atoms with Gasteiger partial charge in [-0.05, 0) is 76.1 Å². The zero-order chi connectivity index (χ0) is 32.7. The van der Waals surface area contributed by atoms with Gasteiger partial charge in [-0.1, -0.05) is 51.1 Å². The van der Waals surface area contributed by atoms with E-state index < -0.39 is 47.1 Å². The van der Waals surface area contributed by atoms with E-state index in [-0.39, 0.29) is 43.8 Å². The van der Waals surface area contributed by atoms with Crippen LogP contribution in [0.5, 0.6) is 0 Å². The molecule has 5 aliphatic rings. The maximum atomic E-state index is 15.9. The van der Waals surface area contributed by atoms with E-state index in [9.17, 15) is 14.0 Å². The molecule has 0 amide bonds. The second kappa shape index (κ2) is 12.8. The van der Waals surface area contributed by atoms with Gasteiger partial charge in [-0.2, -0.15) is 5.26 Å². The highest BCUT2D eigenvalue weighted by Crippen LogP contribution is 2.55. The molecule has 3 atom stereocenters. The zero-order valence-electron chi connectivity index (χ0n) is 26.2. The van der Waals surface area contributed by atoms with Crippen LogP contribution in [0.1, 0.15) is 82.4 Å². The fourth-order valence-electron chi connectivity index (χ4n) is 7.22. The third-order valence-corrected chi connectivity index (χ3v) is 10.4. The Kier molecular flexibility index (Phi) is 9.42. The van der Waals surface area contributed by atoms with Crippen molar-refractivity contribution in [3.05, 3.63) is 82.7 Å². The predicted molar refractivity (Wildman–Crippen MR) is 165 cm³/mol. The molecule has 1 aliphatic carbocycles. The van der Waals surface area contributed by atoms with Crippen molar-refractivity contribution in [2.24, 2.45) is 23.0 Å². The molecule has 1 saturated carbocycles. The minimum absolute atomic E-state index is 0.00685. The van der Waals surface area contributed by atoms with Crippen molar-refractivity contribution in [2.45, 2.75) is 89.6 Å². The summed E-state index contributed by atoms with van der Waals surface area (Å²) < 4.78 is 76.1. The van der Waals surface area contributed by atoms with E-state index in [1.807, 2.05) is 11.0 Å². The van der Waals surface area contributed by atoms with Gasteiger partial charge in [0.2, 0.25) is 0 Å². The SMILES string of the molecule is C=C1N[C@H](C)c2cccc(c2F)C(F)(F)C2CCN(CC2)C(C(F)F)CCCC(C)CCN2C(=C)C(C3(C#N)CC3)=CC1=C2N. The molecule has 0 aromatic heterocycles. The van der Waals surface area contributed by atoms with E-state index in [1.165, 1.54) is 12.1 Å². The second-order valence-corrected chi connectivity index (χ2v) is 13.4. The molecular weight excluding hydrogens is 585 g/mol. The van der Waals surface area contributed by atoms with Crippen molar-refractivity contribution in [1.29, 1.82) is 5.26 Å². The van der Waals surface area contributed by atoms with E-state index in [2.05, 4.69) is 31.5 Å². The lowest BCUT2D eigenvalue weighted by molar-refractivity contribution is -0.0976. The lowest BCUT2D eigenvalue weighted by atomic mass is 9.84. The molecule has 5 nitrogen and oxygen atoms in total. The van der Waals surface area contributed by atoms with Crippen LogP contribution in [0.3, 0.4) is 0 Å². The van der Waals surface area contributed by atoms with Gasteiger partial charge >= 0.3 is 0 Å². The lowest BCUT2D eigenvalue weighted by Gasteiger charge is -2.40. The monoisotopic (exact) mass is 629 g/mol. The van der Waals surface area contributed by atoms with Gasteiger partial charge in [0, 0.05) is 35.0 Å². The van der Waals surface area contributed by atoms with Crippen LogP contribution < -0.4 is 11.1 Å². The van der Waals surface area contributed by atoms with Crippen LogP contribution in [0.15, 0.2) is 65.8 Å². The van der Waals surface area contributed by atoms with Crippen molar-refractivity contribution in [3.63, 3.8) is 0 Å². The highest BCUT2D eigenvalue weighted by Gasteiger charge is 2.50. The van der Waals surface area contributed by atoms with Gasteiger partial charge in [-0.3, -0.25) is 4.90 Å². The van der Waals surface area contributed by atoms with Crippen LogP contribution in [0.4, 0.5) is 22.0 Å². The third-order valence-electron chi connectivity index (χ3n) is 10.4. The number of nitrogens with zero attached hydrogens (tertiary/aromatic N) is 3. The normalized spacial score (nSPS) is 30.7. The summed E-state index contributed by atoms with van der Waals surface area (Å²) in [5, 5.41) is 13.2. The molecule has 45 heavy (non-hydrogen) atoms. The Hall–Kier alpha value is -3.32. The molecule has 6 rings (SSSR count). The number of hydrogen-bond acceptors (Lipinski definition) is 5. The highest BCUT2D eigenvalue weighted by molar-refractivity contribution is 5.56. The standard InChI is InChI=1S/C35H44F5N5/c1-21-7-5-10-30(32(37)38)44-16-12-25(13-17-44)35(39,40)28-9-6-8-26(31(28)36)22(2)43-23(3)27-19-29(34(20-41)14-15-34)24(4)45(18-11-21)33(27)42/h6,8-9,19,21-22,25,30,32,43H,3-5,7,10-18,42H2,1-2H3/t21?,22-,30?/m1/s1. The van der Waals surface area contributed by atoms with Crippen LogP contribution in [0.2, 0.25) is 0 Å². The number of nitrogens with one attached hydrogen (secondary N) is 1. The number of halogens is 5. The molecule has 0 radical (unpaired) electrons. The molecule has 4 heterocycles. The summed E-state index contributed by atoms with van der Waals surface area (Å²) in [7, 11) is 0. The summed E-state index contributed by atoms with van der Waals surface area (Å²) in [5.41, 5.74) is 7.72. The maximum absolute atomic E-state index is 15.9. The number of rotatable bonds is 2. The van der Waals surface area contributed by atoms with Gasteiger partial charge in [-0.25, -0.2) is 22.0 Å². The number of alkyl halides is 4. The number of allylic oxidation sites excluding steroid dienone is 2. The molecule has 1 aromatic carbocycles. The van der Waals surface area contributed by atoms with Crippen LogP contribution in [0, 0.1) is 34.4 Å². The van der Waals surface area contributed by atoms with Gasteiger partial charge in [0.05, 0.1) is 29.1 Å². The van der Waals surface area contributed by atoms with E-state index in [0.29, 0.717) is 55.0 Å². The third kappa shape index (κ3) is 6.38. The first-order valence-corrected chi connectivity index (χ1v) is 16.1. The molecule has 6 bridgehead atoms. The summed E-state index contributed by atoms with van der Waals surface area (Å²) in [6.07, 6.45) is 2.91. The van der Waals surface area contributed by atoms with Crippen molar-refractivity contribution < 1.29 is 22.0 Å². The molecule has 3 N–H and O–H groups in total. The first-order valence-electron chi connectivity index (χ1n) is 16.1. The van der Waals surface area contributed by atoms with E-state index in [4.69, 9.17) is 5.73 Å². The van der Waals surface area contributed by atoms with Crippen LogP contribution >= 0.6 is 0 Å². The van der Waals surface area contributed by atoms with Crippen LogP contribution in [0.25, 0.3) is 0 Å². The molecule has 1 saturated heterocycles. The fraction of sp³-hybridized carbons (Fsp3) is 0.571. The van der Waals surface area contributed by atoms with E-state index in [0.717, 1.165) is 18.1 Å². The Morgan fingerprint density at radius 1 is 1.04 bits per heavy atom. The molecular formula is C35H44F5N5. The lowest BCUT2D eigenvalue weighted by Crippen LogP contribution is -2.47. The molecule has 1 aromatic rings. The summed E-state index contributed by atoms with van der Waals surface area (Å²) in [6.45, 7) is 13.0. The number of fused-ring (bicyclic) bond motifs is 10. The topological polar surface area (TPSA) is 68.3 Å². The fourth-order valence-corrected chi connectivity index (χ4v) is 7.22. The average Bonchev–Trinajstić information content (AvgIpc) is 3.80. The Morgan fingerprint density at radius 3 is 2.36 bits per heavy atom. The summed E-state index contributed by atoms with van der Waals surface area (Å²) in [6, 6.07) is 4.69. The van der Waals surface area contributed by atoms with E-state index >= 15 is 13.2 Å². The van der Waals surface area contributed by atoms with Gasteiger partial charge in [0.15, 0.2) is 0 Å². The quantitative estimate of drug-likeness (QED) is 0.326. The summed E-state index contributed by atoms with van der Waals surface area (Å²) in [5.74, 6) is -5.05. The maximum Gasteiger partial charge on any atom is 0.278 e. The molecule has 4 aliphatic heterocycles. The molecule has 2 unspecified atom stereocenters. The predicted octanol–water partition coefficient (Wildman–Crippen LogP) is 7.87. The average molecular weight is 630 g/mol. The van der Waals surface area contributed by atoms with Crippen molar-refractivity contribution in [2.75, 3.05) is 19.6 Å². The second-order valence-electron chi connectivity index (χ2n) is 13.4. The first-order chi connectivity index (χ1) is 21.3. The smallest absolute Gasteiger partial charge is 0.278 e. The van der Waals surface area contributed by atoms with Gasteiger partial charge in [0.25, 0.3) is 12.3 Å². The van der Waals surface area contributed by atoms with Gasteiger partial charge in [-0.15, -0.1) is 0 Å². The molecule has 0 spiro atoms. The minimum Gasteiger partial charge on any atom is -0.385 e. The van der Waals surface area contributed by atoms with Crippen molar-refractivity contribution >= 4 is 0 Å². The largest absolute Gasteiger partial charge is 0.385 e. The first kappa shape index (κ1) is 33.1.